The third-order valence-electron chi connectivity index (χ3n) is 19.2. The van der Waals surface area contributed by atoms with Crippen LogP contribution in [0.1, 0.15) is 373 Å². The molecule has 0 saturated carbocycles. The highest BCUT2D eigenvalue weighted by Crippen LogP contribution is 2.50. The maximum Gasteiger partial charge on any atom is 0.229 e. The van der Waals surface area contributed by atoms with Crippen LogP contribution in [-0.2, 0) is 47.4 Å². The van der Waals surface area contributed by atoms with E-state index in [1.807, 2.05) is 0 Å². The molecule has 0 aliphatic rings. The first-order chi connectivity index (χ1) is 40.0. The SMILES string of the molecule is CC(C)(C)CC(C)(C)c1cccc([SiH](O[SiH](c2cccc(C(C)(C)CC(C)(C)C)c2C(C)(C)CC(C)(C)C)c2cccc(C(C)(C)CC(C)(C)C)c2C(C)(C)CC(C)(C)C)c2cccc(C(C)(C)CC(C)(C)C)c2C(C)(C)CC(C)(C)C)c1C(C)(C)CC(C)(C)C. The van der Waals surface area contributed by atoms with Gasteiger partial charge in [0.05, 0.1) is 0 Å². The molecule has 1 nitrogen and oxygen atoms in total. The number of benzene rings is 4. The van der Waals surface area contributed by atoms with Gasteiger partial charge in [-0.2, -0.15) is 0 Å². The van der Waals surface area contributed by atoms with Gasteiger partial charge in [0.2, 0.25) is 18.1 Å². The summed E-state index contributed by atoms with van der Waals surface area (Å²) in [5.74, 6) is 0. The molecular weight excluding hydrogens is 1130 g/mol. The maximum absolute atomic E-state index is 9.61. The first kappa shape index (κ1) is 80.7. The van der Waals surface area contributed by atoms with E-state index in [1.165, 1.54) is 43.0 Å². The summed E-state index contributed by atoms with van der Waals surface area (Å²) >= 11 is 0. The molecular formula is C88H150OSi2. The fourth-order valence-electron chi connectivity index (χ4n) is 20.5. The van der Waals surface area contributed by atoms with Gasteiger partial charge in [0.25, 0.3) is 0 Å². The summed E-state index contributed by atoms with van der Waals surface area (Å²) in [6.07, 6.45) is 8.46. The van der Waals surface area contributed by atoms with Crippen LogP contribution in [-0.4, -0.2) is 18.1 Å². The Kier molecular flexibility index (Phi) is 23.6. The molecule has 4 aromatic rings. The van der Waals surface area contributed by atoms with E-state index in [0.717, 1.165) is 51.4 Å². The normalized spacial score (nSPS) is 15.0. The van der Waals surface area contributed by atoms with Crippen molar-refractivity contribution in [3.63, 3.8) is 0 Å². The Hall–Kier alpha value is -2.73. The molecule has 0 amide bonds. The Morgan fingerprint density at radius 2 is 0.330 bits per heavy atom. The molecule has 0 aliphatic heterocycles. The fourth-order valence-corrected chi connectivity index (χ4v) is 29.0. The molecule has 0 unspecified atom stereocenters. The van der Waals surface area contributed by atoms with E-state index in [2.05, 4.69) is 350 Å². The zero-order chi connectivity index (χ0) is 70.9. The molecule has 0 atom stereocenters. The second-order valence-electron chi connectivity index (χ2n) is 44.9. The second-order valence-corrected chi connectivity index (χ2v) is 50.0. The van der Waals surface area contributed by atoms with Crippen molar-refractivity contribution in [1.82, 2.24) is 0 Å². The number of rotatable bonds is 22. The van der Waals surface area contributed by atoms with Crippen molar-refractivity contribution in [2.24, 2.45) is 43.3 Å². The average Bonchev–Trinajstić information content (AvgIpc) is 0.735. The maximum atomic E-state index is 9.61. The molecule has 4 aromatic carbocycles. The van der Waals surface area contributed by atoms with Gasteiger partial charge in [-0.3, -0.25) is 0 Å². The minimum atomic E-state index is -2.93. The quantitative estimate of drug-likeness (QED) is 0.0713. The predicted octanol–water partition coefficient (Wildman–Crippen LogP) is 23.8. The molecule has 516 valence electrons. The molecule has 0 heterocycles. The zero-order valence-corrected chi connectivity index (χ0v) is 70.5. The molecule has 91 heavy (non-hydrogen) atoms. The van der Waals surface area contributed by atoms with E-state index in [4.69, 9.17) is 0 Å². The van der Waals surface area contributed by atoms with Crippen molar-refractivity contribution in [3.8, 4) is 0 Å². The first-order valence-corrected chi connectivity index (χ1v) is 39.5. The van der Waals surface area contributed by atoms with E-state index in [-0.39, 0.29) is 86.6 Å². The third-order valence-corrected chi connectivity index (χ3v) is 25.6. The van der Waals surface area contributed by atoms with Crippen molar-refractivity contribution >= 4 is 38.8 Å². The molecule has 0 bridgehead atoms. The summed E-state index contributed by atoms with van der Waals surface area (Å²) in [6.45, 7) is 101. The van der Waals surface area contributed by atoms with Gasteiger partial charge in [-0.15, -0.1) is 0 Å². The van der Waals surface area contributed by atoms with Gasteiger partial charge in [0, 0.05) is 0 Å². The highest BCUT2D eigenvalue weighted by molar-refractivity contribution is 6.92. The standard InChI is InChI=1S/C88H150OSi2/c1-73(2,3)53-81(25,26)61-45-41-49-65(69(61)85(33,34)57-77(13,14)15)90(66-50-42-46-62(82(27,28)54-74(4,5)6)70(66)86(35,36)58-78(16,17)18)89-91(67-51-43-47-63(83(29,30)55-75(7,8)9)71(67)87(37,38)59-79(19,20)21)68-52-44-48-64(84(31,32)56-76(10,11)12)72(68)88(39,40)60-80(22,23)24/h41-52,90-91H,53-60H2,1-40H3. The van der Waals surface area contributed by atoms with Gasteiger partial charge in [0.15, 0.2) is 0 Å². The first-order valence-electron chi connectivity index (χ1n) is 36.3. The Bertz CT molecular complexity index is 2670. The van der Waals surface area contributed by atoms with Crippen LogP contribution < -0.4 is 20.7 Å². The van der Waals surface area contributed by atoms with Crippen molar-refractivity contribution in [3.05, 3.63) is 117 Å². The summed E-state index contributed by atoms with van der Waals surface area (Å²) in [5, 5.41) is 5.96. The monoisotopic (exact) mass is 1280 g/mol. The molecule has 0 fully saturated rings. The summed E-state index contributed by atoms with van der Waals surface area (Å²) in [4.78, 5) is 0. The van der Waals surface area contributed by atoms with Gasteiger partial charge in [-0.25, -0.2) is 0 Å². The van der Waals surface area contributed by atoms with Crippen LogP contribution in [0.15, 0.2) is 72.8 Å². The van der Waals surface area contributed by atoms with Crippen molar-refractivity contribution in [1.29, 1.82) is 0 Å². The van der Waals surface area contributed by atoms with E-state index >= 15 is 0 Å². The van der Waals surface area contributed by atoms with E-state index < -0.39 is 18.1 Å². The molecule has 4 rings (SSSR count). The lowest BCUT2D eigenvalue weighted by molar-refractivity contribution is 0.264. The fraction of sp³-hybridized carbons (Fsp3) is 0.727. The van der Waals surface area contributed by atoms with Crippen molar-refractivity contribution in [2.75, 3.05) is 0 Å². The zero-order valence-electron chi connectivity index (χ0n) is 68.1. The Balaban J connectivity index is 2.74. The largest absolute Gasteiger partial charge is 0.446 e. The Morgan fingerprint density at radius 3 is 0.462 bits per heavy atom. The highest BCUT2D eigenvalue weighted by Gasteiger charge is 2.48. The molecule has 0 spiro atoms. The van der Waals surface area contributed by atoms with Crippen LogP contribution in [0.2, 0.25) is 0 Å². The van der Waals surface area contributed by atoms with Gasteiger partial charge >= 0.3 is 0 Å². The summed E-state index contributed by atoms with van der Waals surface area (Å²) in [7, 11) is -5.85. The van der Waals surface area contributed by atoms with Gasteiger partial charge in [-0.1, -0.05) is 350 Å². The van der Waals surface area contributed by atoms with Crippen molar-refractivity contribution in [2.45, 2.75) is 372 Å². The van der Waals surface area contributed by atoms with Crippen LogP contribution in [0.25, 0.3) is 0 Å². The van der Waals surface area contributed by atoms with E-state index in [9.17, 15) is 4.12 Å². The molecule has 0 N–H and O–H groups in total. The smallest absolute Gasteiger partial charge is 0.229 e. The highest BCUT2D eigenvalue weighted by atomic mass is 28.4. The Morgan fingerprint density at radius 1 is 0.198 bits per heavy atom. The van der Waals surface area contributed by atoms with Crippen molar-refractivity contribution < 1.29 is 4.12 Å². The molecule has 0 radical (unpaired) electrons. The third kappa shape index (κ3) is 22.1. The lowest BCUT2D eigenvalue weighted by Crippen LogP contribution is -2.61. The molecule has 0 aromatic heterocycles. The second kappa shape index (κ2) is 26.6. The number of hydrogen-bond donors (Lipinski definition) is 0. The average molecular weight is 1280 g/mol. The topological polar surface area (TPSA) is 9.23 Å². The lowest BCUT2D eigenvalue weighted by Gasteiger charge is -2.46. The van der Waals surface area contributed by atoms with E-state index in [0.29, 0.717) is 0 Å². The molecule has 0 aliphatic carbocycles. The van der Waals surface area contributed by atoms with Gasteiger partial charge < -0.3 is 4.12 Å². The minimum absolute atomic E-state index is 0.0652. The minimum Gasteiger partial charge on any atom is -0.446 e. The molecule has 3 heteroatoms. The number of hydrogen-bond acceptors (Lipinski definition) is 1. The summed E-state index contributed by atoms with van der Waals surface area (Å²) < 4.78 is 9.61. The lowest BCUT2D eigenvalue weighted by atomic mass is 9.65. The van der Waals surface area contributed by atoms with Crippen LogP contribution in [0.5, 0.6) is 0 Å². The van der Waals surface area contributed by atoms with Gasteiger partial charge in [0.1, 0.15) is 0 Å². The van der Waals surface area contributed by atoms with E-state index in [1.54, 1.807) is 22.3 Å². The van der Waals surface area contributed by atoms with Crippen LogP contribution in [0, 0.1) is 43.3 Å². The summed E-state index contributed by atoms with van der Waals surface area (Å²) in [6, 6.07) is 30.7. The summed E-state index contributed by atoms with van der Waals surface area (Å²) in [5.41, 5.74) is 11.5. The van der Waals surface area contributed by atoms with Crippen LogP contribution in [0.4, 0.5) is 0 Å². The van der Waals surface area contributed by atoms with Crippen LogP contribution >= 0.6 is 0 Å². The predicted molar refractivity (Wildman–Crippen MR) is 416 cm³/mol. The Labute approximate surface area is 571 Å². The molecule has 0 saturated heterocycles. The van der Waals surface area contributed by atoms with Gasteiger partial charge in [-0.05, 0) is 203 Å². The van der Waals surface area contributed by atoms with Crippen LogP contribution in [0.3, 0.4) is 0 Å².